The molecule has 0 fully saturated rings. The molecule has 0 aliphatic carbocycles. The summed E-state index contributed by atoms with van der Waals surface area (Å²) in [5, 5.41) is 2.49. The smallest absolute Gasteiger partial charge is 0.222 e. The summed E-state index contributed by atoms with van der Waals surface area (Å²) in [5.41, 5.74) is 5.11. The number of hydrogen-bond acceptors (Lipinski definition) is 4. The van der Waals surface area contributed by atoms with Crippen molar-refractivity contribution in [1.82, 2.24) is 9.97 Å². The number of nitrogens with one attached hydrogen (secondary N) is 1. The van der Waals surface area contributed by atoms with Crippen LogP contribution in [0.1, 0.15) is 0 Å². The minimum Gasteiger partial charge on any atom is -0.368 e. The fourth-order valence-corrected chi connectivity index (χ4v) is 1.50. The van der Waals surface area contributed by atoms with Crippen molar-refractivity contribution in [2.24, 2.45) is 0 Å². The van der Waals surface area contributed by atoms with Gasteiger partial charge in [-0.15, -0.1) is 0 Å². The Balaban J connectivity index is 2.40. The van der Waals surface area contributed by atoms with E-state index in [1.54, 1.807) is 0 Å². The summed E-state index contributed by atoms with van der Waals surface area (Å²) < 4.78 is 39.5. The van der Waals surface area contributed by atoms with Gasteiger partial charge in [0.15, 0.2) is 11.6 Å². The van der Waals surface area contributed by atoms with Crippen LogP contribution in [0.5, 0.6) is 0 Å². The molecule has 2 aromatic rings. The average molecular weight is 319 g/mol. The summed E-state index contributed by atoms with van der Waals surface area (Å²) >= 11 is 3.11. The van der Waals surface area contributed by atoms with Crippen molar-refractivity contribution in [3.63, 3.8) is 0 Å². The van der Waals surface area contributed by atoms with Crippen LogP contribution in [0.3, 0.4) is 0 Å². The minimum atomic E-state index is -1.26. The van der Waals surface area contributed by atoms with Crippen molar-refractivity contribution < 1.29 is 13.2 Å². The highest BCUT2D eigenvalue weighted by molar-refractivity contribution is 9.10. The molecule has 0 atom stereocenters. The molecule has 0 saturated carbocycles. The van der Waals surface area contributed by atoms with E-state index in [2.05, 4.69) is 31.2 Å². The summed E-state index contributed by atoms with van der Waals surface area (Å²) in [5.74, 6) is -3.27. The number of nitrogen functional groups attached to an aromatic ring is 1. The highest BCUT2D eigenvalue weighted by atomic mass is 79.9. The largest absolute Gasteiger partial charge is 0.368 e. The van der Waals surface area contributed by atoms with Crippen LogP contribution in [0.2, 0.25) is 0 Å². The number of nitrogens with zero attached hydrogens (tertiary/aromatic N) is 2. The lowest BCUT2D eigenvalue weighted by Crippen LogP contribution is -2.02. The topological polar surface area (TPSA) is 63.8 Å². The van der Waals surface area contributed by atoms with Gasteiger partial charge in [-0.05, 0) is 15.9 Å². The maximum Gasteiger partial charge on any atom is 0.222 e. The maximum atomic E-state index is 13.4. The van der Waals surface area contributed by atoms with Gasteiger partial charge in [0.2, 0.25) is 5.95 Å². The number of benzene rings is 1. The average Bonchev–Trinajstić information content (AvgIpc) is 2.30. The monoisotopic (exact) mass is 318 g/mol. The zero-order chi connectivity index (χ0) is 13.3. The van der Waals surface area contributed by atoms with Gasteiger partial charge in [0.1, 0.15) is 11.6 Å². The molecule has 8 heteroatoms. The van der Waals surface area contributed by atoms with Gasteiger partial charge in [-0.2, -0.15) is 4.98 Å². The van der Waals surface area contributed by atoms with Gasteiger partial charge in [-0.25, -0.2) is 18.2 Å². The van der Waals surface area contributed by atoms with Crippen LogP contribution < -0.4 is 11.1 Å². The molecule has 0 amide bonds. The zero-order valence-electron chi connectivity index (χ0n) is 8.72. The molecule has 2 rings (SSSR count). The number of nitrogens with two attached hydrogens (primary N) is 1. The van der Waals surface area contributed by atoms with Gasteiger partial charge in [0.25, 0.3) is 0 Å². The highest BCUT2D eigenvalue weighted by Gasteiger charge is 2.12. The summed E-state index contributed by atoms with van der Waals surface area (Å²) in [4.78, 5) is 7.47. The zero-order valence-corrected chi connectivity index (χ0v) is 10.3. The molecule has 0 unspecified atom stereocenters. The van der Waals surface area contributed by atoms with Crippen molar-refractivity contribution in [2.75, 3.05) is 11.1 Å². The second kappa shape index (κ2) is 4.81. The first-order chi connectivity index (χ1) is 8.47. The molecule has 1 aromatic heterocycles. The lowest BCUT2D eigenvalue weighted by molar-refractivity contribution is 0.496. The standard InChI is InChI=1S/C10H6BrF3N4/c11-4-3-16-10(15)18-9(4)17-8-2-6(13)5(12)1-7(8)14/h1-3H,(H3,15,16,17,18). The van der Waals surface area contributed by atoms with E-state index in [4.69, 9.17) is 5.73 Å². The van der Waals surface area contributed by atoms with Crippen molar-refractivity contribution in [1.29, 1.82) is 0 Å². The Kier molecular flexibility index (Phi) is 3.37. The molecule has 0 saturated heterocycles. The molecule has 1 heterocycles. The van der Waals surface area contributed by atoms with Gasteiger partial charge >= 0.3 is 0 Å². The third-order valence-corrected chi connectivity index (χ3v) is 2.61. The molecule has 0 bridgehead atoms. The van der Waals surface area contributed by atoms with Crippen molar-refractivity contribution >= 4 is 33.4 Å². The Morgan fingerprint density at radius 1 is 1.11 bits per heavy atom. The third-order valence-electron chi connectivity index (χ3n) is 2.03. The van der Waals surface area contributed by atoms with Crippen molar-refractivity contribution in [3.8, 4) is 0 Å². The van der Waals surface area contributed by atoms with E-state index in [9.17, 15) is 13.2 Å². The second-order valence-corrected chi connectivity index (χ2v) is 4.15. The number of rotatable bonds is 2. The van der Waals surface area contributed by atoms with E-state index < -0.39 is 17.5 Å². The van der Waals surface area contributed by atoms with E-state index in [1.807, 2.05) is 0 Å². The second-order valence-electron chi connectivity index (χ2n) is 3.30. The molecule has 94 valence electrons. The summed E-state index contributed by atoms with van der Waals surface area (Å²) in [6.45, 7) is 0. The van der Waals surface area contributed by atoms with Crippen molar-refractivity contribution in [2.45, 2.75) is 0 Å². The van der Waals surface area contributed by atoms with Crippen LogP contribution in [-0.2, 0) is 0 Å². The predicted octanol–water partition coefficient (Wildman–Crippen LogP) is 2.98. The first kappa shape index (κ1) is 12.6. The van der Waals surface area contributed by atoms with Crippen LogP contribution in [0.15, 0.2) is 22.8 Å². The number of aromatic nitrogens is 2. The third kappa shape index (κ3) is 2.53. The predicted molar refractivity (Wildman–Crippen MR) is 63.7 cm³/mol. The minimum absolute atomic E-state index is 0.0382. The molecule has 1 aromatic carbocycles. The SMILES string of the molecule is Nc1ncc(Br)c(Nc2cc(F)c(F)cc2F)n1. The van der Waals surface area contributed by atoms with Gasteiger partial charge < -0.3 is 11.1 Å². The van der Waals surface area contributed by atoms with Crippen LogP contribution in [0.4, 0.5) is 30.6 Å². The molecule has 3 N–H and O–H groups in total. The molecule has 4 nitrogen and oxygen atoms in total. The van der Waals surface area contributed by atoms with Crippen molar-refractivity contribution in [3.05, 3.63) is 40.3 Å². The number of hydrogen-bond donors (Lipinski definition) is 2. The van der Waals surface area contributed by atoms with Gasteiger partial charge in [0, 0.05) is 18.3 Å². The first-order valence-electron chi connectivity index (χ1n) is 4.67. The van der Waals surface area contributed by atoms with Crippen LogP contribution in [0, 0.1) is 17.5 Å². The molecular formula is C10H6BrF3N4. The Labute approximate surface area is 108 Å². The number of anilines is 3. The quantitative estimate of drug-likeness (QED) is 0.835. The Morgan fingerprint density at radius 2 is 1.78 bits per heavy atom. The van der Waals surface area contributed by atoms with E-state index in [1.165, 1.54) is 6.20 Å². The Hall–Kier alpha value is -1.83. The summed E-state index contributed by atoms with van der Waals surface area (Å²) in [6.07, 6.45) is 1.35. The summed E-state index contributed by atoms with van der Waals surface area (Å²) in [6, 6.07) is 1.13. The molecule has 0 spiro atoms. The van der Waals surface area contributed by atoms with Crippen LogP contribution in [-0.4, -0.2) is 9.97 Å². The van der Waals surface area contributed by atoms with Gasteiger partial charge in [0.05, 0.1) is 10.2 Å². The fourth-order valence-electron chi connectivity index (χ4n) is 1.21. The normalized spacial score (nSPS) is 10.4. The molecule has 0 aliphatic rings. The Morgan fingerprint density at radius 3 is 2.50 bits per heavy atom. The molecule has 0 radical (unpaired) electrons. The first-order valence-corrected chi connectivity index (χ1v) is 5.46. The van der Waals surface area contributed by atoms with Crippen LogP contribution in [0.25, 0.3) is 0 Å². The van der Waals surface area contributed by atoms with Crippen LogP contribution >= 0.6 is 15.9 Å². The lowest BCUT2D eigenvalue weighted by Gasteiger charge is -2.09. The maximum absolute atomic E-state index is 13.4. The van der Waals surface area contributed by atoms with E-state index >= 15 is 0 Å². The van der Waals surface area contributed by atoms with E-state index in [-0.39, 0.29) is 17.5 Å². The molecule has 0 aliphatic heterocycles. The fraction of sp³-hybridized carbons (Fsp3) is 0. The van der Waals surface area contributed by atoms with Gasteiger partial charge in [-0.3, -0.25) is 0 Å². The molecular weight excluding hydrogens is 313 g/mol. The van der Waals surface area contributed by atoms with Gasteiger partial charge in [-0.1, -0.05) is 0 Å². The van der Waals surface area contributed by atoms with E-state index in [0.717, 1.165) is 0 Å². The Bertz CT molecular complexity index is 606. The highest BCUT2D eigenvalue weighted by Crippen LogP contribution is 2.26. The van der Waals surface area contributed by atoms with E-state index in [0.29, 0.717) is 16.6 Å². The number of halogens is 4. The summed E-state index contributed by atoms with van der Waals surface area (Å²) in [7, 11) is 0. The molecule has 18 heavy (non-hydrogen) atoms. The lowest BCUT2D eigenvalue weighted by atomic mass is 10.3.